The minimum atomic E-state index is -0.222. The van der Waals surface area contributed by atoms with Gasteiger partial charge in [0, 0.05) is 6.20 Å². The number of aromatic nitrogens is 1. The molecular formula is C6H9ClN2O. The molecule has 1 aromatic heterocycles. The number of hydrogen-bond acceptors (Lipinski definition) is 2. The van der Waals surface area contributed by atoms with Crippen LogP contribution >= 0.6 is 12.4 Å². The fraction of sp³-hybridized carbons (Fsp3) is 0.167. The zero-order valence-corrected chi connectivity index (χ0v) is 6.37. The standard InChI is InChI=1S/C6H8N2O.ClH/c1-4-2-5(7)6(9)8-3-4;/h2-3H,7H2,1H3,(H,8,9);1H. The summed E-state index contributed by atoms with van der Waals surface area (Å²) in [5, 5.41) is 0. The van der Waals surface area contributed by atoms with E-state index in [-0.39, 0.29) is 23.7 Å². The van der Waals surface area contributed by atoms with E-state index in [0.29, 0.717) is 0 Å². The van der Waals surface area contributed by atoms with Crippen molar-refractivity contribution >= 4 is 18.1 Å². The molecule has 1 heterocycles. The molecule has 0 amide bonds. The smallest absolute Gasteiger partial charge is 0.271 e. The number of aryl methyl sites for hydroxylation is 1. The zero-order valence-electron chi connectivity index (χ0n) is 5.55. The van der Waals surface area contributed by atoms with Crippen LogP contribution in [0.2, 0.25) is 0 Å². The molecule has 0 atom stereocenters. The Morgan fingerprint density at radius 1 is 1.60 bits per heavy atom. The van der Waals surface area contributed by atoms with Gasteiger partial charge in [-0.2, -0.15) is 0 Å². The summed E-state index contributed by atoms with van der Waals surface area (Å²) in [4.78, 5) is 13.1. The second kappa shape index (κ2) is 3.27. The van der Waals surface area contributed by atoms with E-state index in [1.807, 2.05) is 6.92 Å². The topological polar surface area (TPSA) is 58.9 Å². The van der Waals surface area contributed by atoms with E-state index in [2.05, 4.69) is 4.98 Å². The molecule has 3 nitrogen and oxygen atoms in total. The molecule has 0 aliphatic rings. The van der Waals surface area contributed by atoms with E-state index in [1.165, 1.54) is 0 Å². The number of anilines is 1. The van der Waals surface area contributed by atoms with Crippen LogP contribution in [0.5, 0.6) is 0 Å². The van der Waals surface area contributed by atoms with Gasteiger partial charge in [0.05, 0.1) is 5.69 Å². The fourth-order valence-electron chi connectivity index (χ4n) is 0.615. The number of rotatable bonds is 0. The highest BCUT2D eigenvalue weighted by Gasteiger charge is 1.90. The SMILES string of the molecule is Cc1c[nH]c(=O)c(N)c1.Cl. The van der Waals surface area contributed by atoms with Crippen molar-refractivity contribution in [2.75, 3.05) is 5.73 Å². The summed E-state index contributed by atoms with van der Waals surface area (Å²) < 4.78 is 0. The lowest BCUT2D eigenvalue weighted by Crippen LogP contribution is -2.10. The van der Waals surface area contributed by atoms with Crippen LogP contribution in [-0.2, 0) is 0 Å². The van der Waals surface area contributed by atoms with Gasteiger partial charge >= 0.3 is 0 Å². The fourth-order valence-corrected chi connectivity index (χ4v) is 0.615. The van der Waals surface area contributed by atoms with Crippen molar-refractivity contribution < 1.29 is 0 Å². The predicted octanol–water partition coefficient (Wildman–Crippen LogP) is 0.687. The van der Waals surface area contributed by atoms with E-state index in [4.69, 9.17) is 5.73 Å². The maximum absolute atomic E-state index is 10.6. The summed E-state index contributed by atoms with van der Waals surface area (Å²) in [6.07, 6.45) is 1.62. The summed E-state index contributed by atoms with van der Waals surface area (Å²) >= 11 is 0. The van der Waals surface area contributed by atoms with Crippen molar-refractivity contribution in [2.24, 2.45) is 0 Å². The maximum Gasteiger partial charge on any atom is 0.271 e. The number of pyridine rings is 1. The van der Waals surface area contributed by atoms with Crippen LogP contribution < -0.4 is 11.3 Å². The van der Waals surface area contributed by atoms with Gasteiger partial charge in [0.15, 0.2) is 0 Å². The predicted molar refractivity (Wildman–Crippen MR) is 43.5 cm³/mol. The molecule has 3 N–H and O–H groups in total. The van der Waals surface area contributed by atoms with Crippen LogP contribution in [0, 0.1) is 6.92 Å². The molecule has 0 spiro atoms. The van der Waals surface area contributed by atoms with Gasteiger partial charge in [0.25, 0.3) is 5.56 Å². The molecule has 1 aromatic rings. The Kier molecular flexibility index (Phi) is 2.96. The zero-order chi connectivity index (χ0) is 6.85. The summed E-state index contributed by atoms with van der Waals surface area (Å²) in [5.41, 5.74) is 6.29. The number of nitrogens with one attached hydrogen (secondary N) is 1. The molecule has 0 unspecified atom stereocenters. The molecule has 0 aliphatic carbocycles. The van der Waals surface area contributed by atoms with E-state index in [0.717, 1.165) is 5.56 Å². The average molecular weight is 161 g/mol. The lowest BCUT2D eigenvalue weighted by atomic mass is 10.3. The van der Waals surface area contributed by atoms with Crippen molar-refractivity contribution in [1.29, 1.82) is 0 Å². The molecule has 1 rings (SSSR count). The molecule has 0 fully saturated rings. The van der Waals surface area contributed by atoms with E-state index >= 15 is 0 Å². The first-order valence-electron chi connectivity index (χ1n) is 2.65. The largest absolute Gasteiger partial charge is 0.394 e. The van der Waals surface area contributed by atoms with Gasteiger partial charge in [-0.05, 0) is 18.6 Å². The third kappa shape index (κ3) is 1.77. The number of nitrogens with two attached hydrogens (primary N) is 1. The molecule has 0 bridgehead atoms. The number of hydrogen-bond donors (Lipinski definition) is 2. The molecule has 0 aliphatic heterocycles. The Hall–Kier alpha value is -0.960. The molecule has 0 radical (unpaired) electrons. The van der Waals surface area contributed by atoms with Crippen molar-refractivity contribution in [1.82, 2.24) is 4.98 Å². The van der Waals surface area contributed by atoms with E-state index in [9.17, 15) is 4.79 Å². The van der Waals surface area contributed by atoms with Crippen molar-refractivity contribution in [3.05, 3.63) is 28.2 Å². The van der Waals surface area contributed by atoms with Gasteiger partial charge in [-0.25, -0.2) is 0 Å². The van der Waals surface area contributed by atoms with Gasteiger partial charge in [-0.3, -0.25) is 4.79 Å². The van der Waals surface area contributed by atoms with Gasteiger partial charge in [0.2, 0.25) is 0 Å². The first-order valence-corrected chi connectivity index (χ1v) is 2.65. The Morgan fingerprint density at radius 3 is 2.60 bits per heavy atom. The van der Waals surface area contributed by atoms with Gasteiger partial charge in [-0.15, -0.1) is 12.4 Å². The van der Waals surface area contributed by atoms with Gasteiger partial charge in [-0.1, -0.05) is 0 Å². The van der Waals surface area contributed by atoms with Crippen LogP contribution in [0.4, 0.5) is 5.69 Å². The van der Waals surface area contributed by atoms with Crippen LogP contribution in [0.15, 0.2) is 17.1 Å². The summed E-state index contributed by atoms with van der Waals surface area (Å²) in [7, 11) is 0. The van der Waals surface area contributed by atoms with E-state index < -0.39 is 0 Å². The Labute approximate surface area is 64.7 Å². The number of halogens is 1. The van der Waals surface area contributed by atoms with Gasteiger partial charge in [0.1, 0.15) is 0 Å². The quantitative estimate of drug-likeness (QED) is 0.587. The van der Waals surface area contributed by atoms with Crippen LogP contribution in [0.25, 0.3) is 0 Å². The minimum Gasteiger partial charge on any atom is -0.394 e. The molecule has 0 saturated heterocycles. The van der Waals surface area contributed by atoms with Crippen LogP contribution in [0.1, 0.15) is 5.56 Å². The lowest BCUT2D eigenvalue weighted by molar-refractivity contribution is 1.21. The summed E-state index contributed by atoms with van der Waals surface area (Å²) in [6, 6.07) is 1.64. The highest BCUT2D eigenvalue weighted by atomic mass is 35.5. The van der Waals surface area contributed by atoms with Gasteiger partial charge < -0.3 is 10.7 Å². The summed E-state index contributed by atoms with van der Waals surface area (Å²) in [5.74, 6) is 0. The average Bonchev–Trinajstić information content (AvgIpc) is 1.80. The Bertz CT molecular complexity index is 269. The van der Waals surface area contributed by atoms with Crippen molar-refractivity contribution in [3.8, 4) is 0 Å². The van der Waals surface area contributed by atoms with E-state index in [1.54, 1.807) is 12.3 Å². The first kappa shape index (κ1) is 9.04. The third-order valence-electron chi connectivity index (χ3n) is 1.08. The normalized spacial score (nSPS) is 8.50. The Balaban J connectivity index is 0.000000810. The van der Waals surface area contributed by atoms with Crippen LogP contribution in [-0.4, -0.2) is 4.98 Å². The highest BCUT2D eigenvalue weighted by molar-refractivity contribution is 5.85. The Morgan fingerprint density at radius 2 is 2.20 bits per heavy atom. The monoisotopic (exact) mass is 160 g/mol. The van der Waals surface area contributed by atoms with Crippen molar-refractivity contribution in [3.63, 3.8) is 0 Å². The first-order chi connectivity index (χ1) is 4.20. The molecule has 0 saturated carbocycles. The molecule has 10 heavy (non-hydrogen) atoms. The maximum atomic E-state index is 10.6. The number of H-pyrrole nitrogens is 1. The third-order valence-corrected chi connectivity index (χ3v) is 1.08. The second-order valence-electron chi connectivity index (χ2n) is 1.96. The number of aromatic amines is 1. The number of nitrogen functional groups attached to an aromatic ring is 1. The van der Waals surface area contributed by atoms with Crippen molar-refractivity contribution in [2.45, 2.75) is 6.92 Å². The molecule has 4 heteroatoms. The highest BCUT2D eigenvalue weighted by Crippen LogP contribution is 1.94. The molecule has 56 valence electrons. The molecule has 0 aromatic carbocycles. The second-order valence-corrected chi connectivity index (χ2v) is 1.96. The minimum absolute atomic E-state index is 0. The van der Waals surface area contributed by atoms with Crippen LogP contribution in [0.3, 0.4) is 0 Å². The molecular weight excluding hydrogens is 152 g/mol. The lowest BCUT2D eigenvalue weighted by Gasteiger charge is -1.91. The summed E-state index contributed by atoms with van der Waals surface area (Å²) in [6.45, 7) is 1.87.